The van der Waals surface area contributed by atoms with Crippen LogP contribution in [0.4, 0.5) is 0 Å². The van der Waals surface area contributed by atoms with E-state index < -0.39 is 10.0 Å². The Morgan fingerprint density at radius 1 is 1.16 bits per heavy atom. The SMILES string of the molecule is C[C@@H](Sc1ccc(Cl)cc1)C(=O)NCCc1ccc(S(N)(=O)=O)cc1. The van der Waals surface area contributed by atoms with Gasteiger partial charge < -0.3 is 5.32 Å². The highest BCUT2D eigenvalue weighted by atomic mass is 35.5. The molecule has 0 heterocycles. The molecule has 0 aliphatic carbocycles. The van der Waals surface area contributed by atoms with E-state index in [1.54, 1.807) is 24.3 Å². The average molecular weight is 399 g/mol. The molecule has 0 saturated heterocycles. The van der Waals surface area contributed by atoms with Gasteiger partial charge in [-0.2, -0.15) is 0 Å². The molecule has 0 bridgehead atoms. The molecular weight excluding hydrogens is 380 g/mol. The van der Waals surface area contributed by atoms with Gasteiger partial charge in [0.15, 0.2) is 0 Å². The number of carbonyl (C=O) groups excluding carboxylic acids is 1. The Morgan fingerprint density at radius 3 is 2.32 bits per heavy atom. The van der Waals surface area contributed by atoms with Crippen molar-refractivity contribution in [2.45, 2.75) is 28.4 Å². The maximum absolute atomic E-state index is 12.1. The lowest BCUT2D eigenvalue weighted by molar-refractivity contribution is -0.120. The third-order valence-corrected chi connectivity index (χ3v) is 5.75. The second-order valence-electron chi connectivity index (χ2n) is 5.44. The lowest BCUT2D eigenvalue weighted by atomic mass is 10.1. The quantitative estimate of drug-likeness (QED) is 0.702. The second kappa shape index (κ2) is 8.71. The highest BCUT2D eigenvalue weighted by Gasteiger charge is 2.14. The van der Waals surface area contributed by atoms with Crippen LogP contribution in [0, 0.1) is 0 Å². The molecule has 0 spiro atoms. The van der Waals surface area contributed by atoms with Crippen LogP contribution in [0.15, 0.2) is 58.3 Å². The van der Waals surface area contributed by atoms with Crippen molar-refractivity contribution in [2.24, 2.45) is 5.14 Å². The predicted molar refractivity (Wildman–Crippen MR) is 101 cm³/mol. The fourth-order valence-corrected chi connectivity index (χ4v) is 3.62. The number of nitrogens with two attached hydrogens (primary N) is 1. The van der Waals surface area contributed by atoms with Crippen molar-refractivity contribution >= 4 is 39.3 Å². The van der Waals surface area contributed by atoms with Crippen LogP contribution in [0.5, 0.6) is 0 Å². The number of hydrogen-bond donors (Lipinski definition) is 2. The van der Waals surface area contributed by atoms with Crippen LogP contribution in [0.3, 0.4) is 0 Å². The van der Waals surface area contributed by atoms with E-state index in [0.717, 1.165) is 10.5 Å². The fourth-order valence-electron chi connectivity index (χ4n) is 2.09. The van der Waals surface area contributed by atoms with Crippen LogP contribution >= 0.6 is 23.4 Å². The van der Waals surface area contributed by atoms with E-state index in [2.05, 4.69) is 5.32 Å². The zero-order valence-corrected chi connectivity index (χ0v) is 16.0. The number of nitrogens with one attached hydrogen (secondary N) is 1. The zero-order valence-electron chi connectivity index (χ0n) is 13.6. The van der Waals surface area contributed by atoms with Gasteiger partial charge in [0, 0.05) is 16.5 Å². The molecule has 25 heavy (non-hydrogen) atoms. The minimum absolute atomic E-state index is 0.0545. The Bertz CT molecular complexity index is 822. The Hall–Kier alpha value is -1.54. The number of halogens is 1. The maximum Gasteiger partial charge on any atom is 0.238 e. The summed E-state index contributed by atoms with van der Waals surface area (Å²) < 4.78 is 22.4. The summed E-state index contributed by atoms with van der Waals surface area (Å²) in [6.07, 6.45) is 0.606. The number of rotatable bonds is 7. The first kappa shape index (κ1) is 19.8. The Balaban J connectivity index is 1.80. The number of amides is 1. The molecule has 3 N–H and O–H groups in total. The molecular formula is C17H19ClN2O3S2. The number of benzene rings is 2. The third kappa shape index (κ3) is 6.36. The van der Waals surface area contributed by atoms with E-state index in [1.807, 2.05) is 19.1 Å². The Morgan fingerprint density at radius 2 is 1.76 bits per heavy atom. The van der Waals surface area contributed by atoms with Crippen molar-refractivity contribution < 1.29 is 13.2 Å². The summed E-state index contributed by atoms with van der Waals surface area (Å²) in [6.45, 7) is 2.31. The van der Waals surface area contributed by atoms with Gasteiger partial charge in [-0.3, -0.25) is 4.79 Å². The lowest BCUT2D eigenvalue weighted by Gasteiger charge is -2.12. The van der Waals surface area contributed by atoms with E-state index >= 15 is 0 Å². The molecule has 0 saturated carbocycles. The standard InChI is InChI=1S/C17H19ClN2O3S2/c1-12(24-15-6-4-14(18)5-7-15)17(21)20-11-10-13-2-8-16(9-3-13)25(19,22)23/h2-9,12H,10-11H2,1H3,(H,20,21)(H2,19,22,23)/t12-/m1/s1. The average Bonchev–Trinajstić information content (AvgIpc) is 2.56. The van der Waals surface area contributed by atoms with Gasteiger partial charge in [0.2, 0.25) is 15.9 Å². The molecule has 0 fully saturated rings. The van der Waals surface area contributed by atoms with Crippen LogP contribution in [-0.4, -0.2) is 26.1 Å². The highest BCUT2D eigenvalue weighted by Crippen LogP contribution is 2.24. The summed E-state index contributed by atoms with van der Waals surface area (Å²) in [6, 6.07) is 13.7. The summed E-state index contributed by atoms with van der Waals surface area (Å²) in [4.78, 5) is 13.2. The molecule has 2 aromatic carbocycles. The van der Waals surface area contributed by atoms with Crippen LogP contribution < -0.4 is 10.5 Å². The van der Waals surface area contributed by atoms with E-state index in [0.29, 0.717) is 18.0 Å². The Labute approximate surface area is 157 Å². The predicted octanol–water partition coefficient (Wildman–Crippen LogP) is 2.83. The summed E-state index contributed by atoms with van der Waals surface area (Å²) in [7, 11) is -3.68. The van der Waals surface area contributed by atoms with Crippen LogP contribution in [-0.2, 0) is 21.2 Å². The molecule has 0 radical (unpaired) electrons. The largest absolute Gasteiger partial charge is 0.355 e. The van der Waals surface area contributed by atoms with Gasteiger partial charge in [-0.1, -0.05) is 23.7 Å². The van der Waals surface area contributed by atoms with Gasteiger partial charge >= 0.3 is 0 Å². The monoisotopic (exact) mass is 398 g/mol. The molecule has 5 nitrogen and oxygen atoms in total. The number of thioether (sulfide) groups is 1. The number of primary sulfonamides is 1. The molecule has 2 rings (SSSR count). The van der Waals surface area contributed by atoms with Gasteiger partial charge in [0.05, 0.1) is 10.1 Å². The lowest BCUT2D eigenvalue weighted by Crippen LogP contribution is -2.32. The molecule has 2 aromatic rings. The van der Waals surface area contributed by atoms with Gasteiger partial charge in [-0.25, -0.2) is 13.6 Å². The summed E-state index contributed by atoms with van der Waals surface area (Å²) >= 11 is 7.30. The van der Waals surface area contributed by atoms with Crippen molar-refractivity contribution in [1.29, 1.82) is 0 Å². The van der Waals surface area contributed by atoms with Gasteiger partial charge in [-0.15, -0.1) is 11.8 Å². The van der Waals surface area contributed by atoms with Crippen molar-refractivity contribution in [1.82, 2.24) is 5.32 Å². The Kier molecular flexibility index (Phi) is 6.89. The van der Waals surface area contributed by atoms with Crippen LogP contribution in [0.25, 0.3) is 0 Å². The number of hydrogen-bond acceptors (Lipinski definition) is 4. The maximum atomic E-state index is 12.1. The van der Waals surface area contributed by atoms with Crippen molar-refractivity contribution in [2.75, 3.05) is 6.54 Å². The first-order valence-electron chi connectivity index (χ1n) is 7.57. The van der Waals surface area contributed by atoms with Crippen molar-refractivity contribution in [3.8, 4) is 0 Å². The fraction of sp³-hybridized carbons (Fsp3) is 0.235. The molecule has 1 atom stereocenters. The normalized spacial score (nSPS) is 12.6. The van der Waals surface area contributed by atoms with Gasteiger partial charge in [0.1, 0.15) is 0 Å². The van der Waals surface area contributed by atoms with Crippen molar-refractivity contribution in [3.63, 3.8) is 0 Å². The molecule has 0 aromatic heterocycles. The van der Waals surface area contributed by atoms with E-state index in [1.165, 1.54) is 23.9 Å². The molecule has 1 amide bonds. The third-order valence-electron chi connectivity index (χ3n) is 3.46. The summed E-state index contributed by atoms with van der Waals surface area (Å²) in [5.41, 5.74) is 0.922. The topological polar surface area (TPSA) is 89.3 Å². The first-order chi connectivity index (χ1) is 11.8. The number of carbonyl (C=O) groups is 1. The van der Waals surface area contributed by atoms with Crippen molar-refractivity contribution in [3.05, 3.63) is 59.1 Å². The van der Waals surface area contributed by atoms with E-state index in [4.69, 9.17) is 16.7 Å². The number of sulfonamides is 1. The van der Waals surface area contributed by atoms with Crippen LogP contribution in [0.2, 0.25) is 5.02 Å². The minimum atomic E-state index is -3.68. The molecule has 0 unspecified atom stereocenters. The molecule has 134 valence electrons. The summed E-state index contributed by atoms with van der Waals surface area (Å²) in [5.74, 6) is -0.0545. The first-order valence-corrected chi connectivity index (χ1v) is 10.4. The molecule has 0 aliphatic heterocycles. The highest BCUT2D eigenvalue weighted by molar-refractivity contribution is 8.00. The van der Waals surface area contributed by atoms with E-state index in [-0.39, 0.29) is 16.1 Å². The summed E-state index contributed by atoms with van der Waals surface area (Å²) in [5, 5.41) is 8.37. The molecule has 8 heteroatoms. The molecule has 0 aliphatic rings. The minimum Gasteiger partial charge on any atom is -0.355 e. The van der Waals surface area contributed by atoms with Gasteiger partial charge in [0.25, 0.3) is 0 Å². The smallest absolute Gasteiger partial charge is 0.238 e. The van der Waals surface area contributed by atoms with E-state index in [9.17, 15) is 13.2 Å². The second-order valence-corrected chi connectivity index (χ2v) is 8.86. The van der Waals surface area contributed by atoms with Gasteiger partial charge in [-0.05, 0) is 55.3 Å². The zero-order chi connectivity index (χ0) is 18.4. The van der Waals surface area contributed by atoms with Crippen LogP contribution in [0.1, 0.15) is 12.5 Å².